The van der Waals surface area contributed by atoms with Gasteiger partial charge in [-0.25, -0.2) is 16.8 Å². The van der Waals surface area contributed by atoms with Crippen molar-refractivity contribution in [2.75, 3.05) is 12.3 Å². The molecule has 2 aromatic carbocycles. The van der Waals surface area contributed by atoms with Gasteiger partial charge < -0.3 is 9.11 Å². The molecule has 0 radical (unpaired) electrons. The van der Waals surface area contributed by atoms with Crippen molar-refractivity contribution in [2.45, 2.75) is 22.6 Å². The second kappa shape index (κ2) is 13.5. The third-order valence-electron chi connectivity index (χ3n) is 3.51. The average Bonchev–Trinajstić information content (AvgIpc) is 2.57. The standard InChI is InChI=1S/C16H20O6P2S2.2Na/c17-25(18,19)15-7-3-5-13(11-15)23-9-1-2-10-24-14-6-4-8-16(12-14)26(20,21)22;;/h3-8,11-12,23-24H,1-2,9-10H2,(H,17,18,19)(H,20,21,22);;/q;2*+1/p-2. The van der Waals surface area contributed by atoms with E-state index in [1.54, 1.807) is 12.1 Å². The molecule has 0 aliphatic heterocycles. The van der Waals surface area contributed by atoms with E-state index in [2.05, 4.69) is 0 Å². The predicted octanol–water partition coefficient (Wildman–Crippen LogP) is -4.41. The Hall–Kier alpha value is 1.12. The number of benzene rings is 2. The van der Waals surface area contributed by atoms with E-state index in [0.29, 0.717) is 17.2 Å². The fraction of sp³-hybridized carbons (Fsp3) is 0.250. The van der Waals surface area contributed by atoms with Gasteiger partial charge in [-0.05, 0) is 60.0 Å². The minimum Gasteiger partial charge on any atom is -0.744 e. The maximum atomic E-state index is 11.0. The summed E-state index contributed by atoms with van der Waals surface area (Å²) < 4.78 is 66.1. The van der Waals surface area contributed by atoms with Crippen molar-refractivity contribution in [3.63, 3.8) is 0 Å². The summed E-state index contributed by atoms with van der Waals surface area (Å²) in [5.41, 5.74) is 0. The molecule has 0 amide bonds. The summed E-state index contributed by atoms with van der Waals surface area (Å²) in [6.45, 7) is 0. The van der Waals surface area contributed by atoms with E-state index in [9.17, 15) is 25.9 Å². The zero-order chi connectivity index (χ0) is 19.2. The van der Waals surface area contributed by atoms with Crippen molar-refractivity contribution in [2.24, 2.45) is 0 Å². The number of hydrogen-bond acceptors (Lipinski definition) is 6. The molecule has 28 heavy (non-hydrogen) atoms. The van der Waals surface area contributed by atoms with Crippen LogP contribution in [-0.4, -0.2) is 38.3 Å². The zero-order valence-corrected chi connectivity index (χ0v) is 23.3. The van der Waals surface area contributed by atoms with E-state index in [1.165, 1.54) is 24.3 Å². The molecular formula is C16H18Na2O6P2S2. The van der Waals surface area contributed by atoms with E-state index >= 15 is 0 Å². The SMILES string of the molecule is O=S(=O)([O-])c1cccc(PCCCCPc2cccc(S(=O)(=O)[O-])c2)c1.[Na+].[Na+]. The van der Waals surface area contributed by atoms with Crippen molar-refractivity contribution in [3.8, 4) is 0 Å². The maximum Gasteiger partial charge on any atom is 1.00 e. The summed E-state index contributed by atoms with van der Waals surface area (Å²) in [7, 11) is -7.98. The molecule has 142 valence electrons. The molecule has 0 bridgehead atoms. The Morgan fingerprint density at radius 2 is 1.04 bits per heavy atom. The second-order valence-corrected chi connectivity index (χ2v) is 11.1. The van der Waals surface area contributed by atoms with Crippen molar-refractivity contribution < 1.29 is 85.1 Å². The fourth-order valence-corrected chi connectivity index (χ4v) is 5.86. The molecule has 0 aliphatic rings. The van der Waals surface area contributed by atoms with Crippen molar-refractivity contribution in [3.05, 3.63) is 48.5 Å². The van der Waals surface area contributed by atoms with Gasteiger partial charge in [0.25, 0.3) is 0 Å². The molecule has 0 N–H and O–H groups in total. The van der Waals surface area contributed by atoms with Gasteiger partial charge in [0, 0.05) is 0 Å². The van der Waals surface area contributed by atoms with E-state index in [-0.39, 0.29) is 68.9 Å². The van der Waals surface area contributed by atoms with E-state index < -0.39 is 20.2 Å². The molecule has 2 atom stereocenters. The Bertz CT molecular complexity index is 889. The Morgan fingerprint density at radius 1 is 0.679 bits per heavy atom. The third kappa shape index (κ3) is 10.4. The monoisotopic (exact) mass is 478 g/mol. The van der Waals surface area contributed by atoms with Gasteiger partial charge in [0.1, 0.15) is 20.2 Å². The van der Waals surface area contributed by atoms with Crippen LogP contribution in [0.25, 0.3) is 0 Å². The summed E-state index contributed by atoms with van der Waals surface area (Å²) in [6, 6.07) is 12.2. The van der Waals surface area contributed by atoms with Crippen molar-refractivity contribution in [1.29, 1.82) is 0 Å². The average molecular weight is 478 g/mol. The predicted molar refractivity (Wildman–Crippen MR) is 104 cm³/mol. The molecule has 12 heteroatoms. The van der Waals surface area contributed by atoms with Crippen LogP contribution in [0, 0.1) is 0 Å². The van der Waals surface area contributed by atoms with Gasteiger partial charge in [-0.3, -0.25) is 0 Å². The second-order valence-electron chi connectivity index (χ2n) is 5.52. The van der Waals surface area contributed by atoms with Crippen LogP contribution in [0.1, 0.15) is 12.8 Å². The number of rotatable bonds is 9. The summed E-state index contributed by atoms with van der Waals surface area (Å²) in [4.78, 5) is -0.394. The minimum absolute atomic E-state index is 0. The molecule has 2 unspecified atom stereocenters. The zero-order valence-electron chi connectivity index (χ0n) is 15.7. The molecule has 2 aromatic rings. The first kappa shape index (κ1) is 29.1. The minimum atomic E-state index is -4.42. The fourth-order valence-electron chi connectivity index (χ4n) is 2.24. The Kier molecular flexibility index (Phi) is 14.1. The van der Waals surface area contributed by atoms with Crippen LogP contribution < -0.4 is 69.7 Å². The number of unbranched alkanes of at least 4 members (excludes halogenated alkanes) is 1. The van der Waals surface area contributed by atoms with Crippen LogP contribution in [0.2, 0.25) is 0 Å². The van der Waals surface area contributed by atoms with Gasteiger partial charge in [0.05, 0.1) is 9.79 Å². The Morgan fingerprint density at radius 3 is 1.36 bits per heavy atom. The van der Waals surface area contributed by atoms with E-state index in [0.717, 1.165) is 35.8 Å². The van der Waals surface area contributed by atoms with Gasteiger partial charge in [0.15, 0.2) is 0 Å². The summed E-state index contributed by atoms with van der Waals surface area (Å²) in [5, 5.41) is 1.69. The maximum absolute atomic E-state index is 11.0. The van der Waals surface area contributed by atoms with Crippen LogP contribution in [0.15, 0.2) is 58.3 Å². The molecule has 0 aromatic heterocycles. The normalized spacial score (nSPS) is 12.2. The van der Waals surface area contributed by atoms with Gasteiger partial charge in [-0.15, -0.1) is 0 Å². The first-order valence-electron chi connectivity index (χ1n) is 7.76. The summed E-state index contributed by atoms with van der Waals surface area (Å²) >= 11 is 0. The first-order chi connectivity index (χ1) is 12.2. The van der Waals surface area contributed by atoms with Crippen LogP contribution in [0.4, 0.5) is 0 Å². The molecule has 2 rings (SSSR count). The largest absolute Gasteiger partial charge is 1.00 e. The van der Waals surface area contributed by atoms with Gasteiger partial charge in [-0.2, -0.15) is 0 Å². The molecule has 0 spiro atoms. The first-order valence-corrected chi connectivity index (χ1v) is 13.0. The van der Waals surface area contributed by atoms with Crippen LogP contribution in [-0.2, 0) is 20.2 Å². The molecule has 0 aliphatic carbocycles. The number of hydrogen-bond donors (Lipinski definition) is 0. The van der Waals surface area contributed by atoms with Gasteiger partial charge in [0.2, 0.25) is 0 Å². The third-order valence-corrected chi connectivity index (χ3v) is 7.82. The van der Waals surface area contributed by atoms with Gasteiger partial charge in [-0.1, -0.05) is 41.4 Å². The van der Waals surface area contributed by atoms with Gasteiger partial charge >= 0.3 is 59.1 Å². The summed E-state index contributed by atoms with van der Waals surface area (Å²) in [5.74, 6) is 0. The quantitative estimate of drug-likeness (QED) is 0.156. The molecule has 0 fully saturated rings. The van der Waals surface area contributed by atoms with Crippen molar-refractivity contribution >= 4 is 48.0 Å². The molecular weight excluding hydrogens is 460 g/mol. The van der Waals surface area contributed by atoms with E-state index in [4.69, 9.17) is 0 Å². The van der Waals surface area contributed by atoms with Crippen molar-refractivity contribution in [1.82, 2.24) is 0 Å². The Labute approximate surface area is 214 Å². The smallest absolute Gasteiger partial charge is 0.744 e. The van der Waals surface area contributed by atoms with Crippen LogP contribution in [0.3, 0.4) is 0 Å². The van der Waals surface area contributed by atoms with Crippen LogP contribution in [0.5, 0.6) is 0 Å². The summed E-state index contributed by atoms with van der Waals surface area (Å²) in [6.07, 6.45) is 3.67. The van der Waals surface area contributed by atoms with Crippen LogP contribution >= 0.6 is 17.2 Å². The molecule has 6 nitrogen and oxygen atoms in total. The van der Waals surface area contributed by atoms with E-state index in [1.807, 2.05) is 12.1 Å². The molecule has 0 saturated carbocycles. The molecule has 0 saturated heterocycles. The molecule has 0 heterocycles. The topological polar surface area (TPSA) is 114 Å². The Balaban J connectivity index is 0.00000364.